The van der Waals surface area contributed by atoms with E-state index in [1.54, 1.807) is 0 Å². The molecule has 1 N–H and O–H groups in total. The van der Waals surface area contributed by atoms with Crippen LogP contribution in [0, 0.1) is 0 Å². The van der Waals surface area contributed by atoms with Crippen LogP contribution in [-0.2, 0) is 6.18 Å². The van der Waals surface area contributed by atoms with E-state index in [9.17, 15) is 13.2 Å². The molecule has 116 valence electrons. The Kier molecular flexibility index (Phi) is 7.47. The summed E-state index contributed by atoms with van der Waals surface area (Å²) in [7, 11) is 0. The van der Waals surface area contributed by atoms with Gasteiger partial charge in [0.2, 0.25) is 5.88 Å². The smallest absolute Gasteiger partial charge is 0.432 e. The number of halogens is 3. The van der Waals surface area contributed by atoms with Gasteiger partial charge in [0.05, 0.1) is 6.61 Å². The van der Waals surface area contributed by atoms with Crippen LogP contribution in [-0.4, -0.2) is 16.8 Å². The topological polar surface area (TPSA) is 37.9 Å². The fourth-order valence-electron chi connectivity index (χ4n) is 1.94. The first-order valence-corrected chi connectivity index (χ1v) is 7.29. The highest BCUT2D eigenvalue weighted by molar-refractivity contribution is 5.16. The zero-order valence-electron chi connectivity index (χ0n) is 11.9. The number of alkyl halides is 3. The van der Waals surface area contributed by atoms with Crippen molar-refractivity contribution < 1.29 is 17.9 Å². The van der Waals surface area contributed by atoms with Crippen LogP contribution in [0.2, 0.25) is 0 Å². The highest BCUT2D eigenvalue weighted by Gasteiger charge is 2.33. The Balaban J connectivity index is 2.03. The molecule has 0 fully saturated rings. The Morgan fingerprint density at radius 3 is 2.20 bits per heavy atom. The summed E-state index contributed by atoms with van der Waals surface area (Å²) in [5.41, 5.74) is -0.872. The molecule has 1 heterocycles. The van der Waals surface area contributed by atoms with E-state index in [-0.39, 0.29) is 5.88 Å². The number of hydrogen-bond acceptors (Lipinski definition) is 2. The van der Waals surface area contributed by atoms with Crippen molar-refractivity contribution in [2.45, 2.75) is 64.5 Å². The lowest BCUT2D eigenvalue weighted by molar-refractivity contribution is -0.141. The molecule has 1 aromatic heterocycles. The molecule has 0 aliphatic carbocycles. The molecule has 1 aromatic rings. The number of aromatic nitrogens is 2. The first kappa shape index (κ1) is 16.9. The van der Waals surface area contributed by atoms with Crippen LogP contribution >= 0.6 is 0 Å². The Hall–Kier alpha value is -1.20. The van der Waals surface area contributed by atoms with E-state index >= 15 is 0 Å². The number of unbranched alkanes of at least 4 members (excludes halogenated alkanes) is 7. The van der Waals surface area contributed by atoms with E-state index in [4.69, 9.17) is 4.74 Å². The number of H-pyrrole nitrogens is 1. The van der Waals surface area contributed by atoms with Crippen molar-refractivity contribution >= 4 is 0 Å². The van der Waals surface area contributed by atoms with Crippen molar-refractivity contribution in [3.8, 4) is 5.88 Å². The van der Waals surface area contributed by atoms with Crippen molar-refractivity contribution in [1.29, 1.82) is 0 Å². The van der Waals surface area contributed by atoms with E-state index in [0.717, 1.165) is 25.3 Å². The molecule has 0 aliphatic heterocycles. The summed E-state index contributed by atoms with van der Waals surface area (Å²) in [5.74, 6) is 0.0141. The predicted molar refractivity (Wildman–Crippen MR) is 71.7 cm³/mol. The Labute approximate surface area is 117 Å². The summed E-state index contributed by atoms with van der Waals surface area (Å²) in [5, 5.41) is 5.41. The number of nitrogens with one attached hydrogen (secondary N) is 1. The molecule has 1 rings (SSSR count). The van der Waals surface area contributed by atoms with Gasteiger partial charge in [0.25, 0.3) is 0 Å². The third-order valence-corrected chi connectivity index (χ3v) is 3.11. The van der Waals surface area contributed by atoms with E-state index in [1.165, 1.54) is 32.1 Å². The second-order valence-electron chi connectivity index (χ2n) is 4.94. The van der Waals surface area contributed by atoms with Gasteiger partial charge in [-0.3, -0.25) is 5.10 Å². The molecule has 0 bridgehead atoms. The number of nitrogens with zero attached hydrogens (tertiary/aromatic N) is 1. The normalized spacial score (nSPS) is 11.8. The van der Waals surface area contributed by atoms with Crippen LogP contribution < -0.4 is 4.74 Å². The van der Waals surface area contributed by atoms with Gasteiger partial charge in [-0.2, -0.15) is 13.2 Å². The molecular formula is C14H23F3N2O. The van der Waals surface area contributed by atoms with Crippen molar-refractivity contribution in [3.05, 3.63) is 11.8 Å². The number of ether oxygens (including phenoxy) is 1. The quantitative estimate of drug-likeness (QED) is 0.620. The summed E-state index contributed by atoms with van der Waals surface area (Å²) in [6.45, 7) is 2.60. The Morgan fingerprint density at radius 1 is 1.05 bits per heavy atom. The molecule has 0 unspecified atom stereocenters. The summed E-state index contributed by atoms with van der Waals surface area (Å²) in [4.78, 5) is 0. The highest BCUT2D eigenvalue weighted by Crippen LogP contribution is 2.29. The average molecular weight is 292 g/mol. The van der Waals surface area contributed by atoms with Gasteiger partial charge in [-0.25, -0.2) is 0 Å². The summed E-state index contributed by atoms with van der Waals surface area (Å²) in [6.07, 6.45) is 4.98. The summed E-state index contributed by atoms with van der Waals surface area (Å²) in [6, 6.07) is 0.894. The average Bonchev–Trinajstić information content (AvgIpc) is 2.85. The molecule has 0 amide bonds. The van der Waals surface area contributed by atoms with Crippen LogP contribution in [0.15, 0.2) is 6.07 Å². The van der Waals surface area contributed by atoms with Gasteiger partial charge in [-0.1, -0.05) is 51.9 Å². The van der Waals surface area contributed by atoms with Crippen LogP contribution in [0.25, 0.3) is 0 Å². The maximum absolute atomic E-state index is 12.3. The fourth-order valence-corrected chi connectivity index (χ4v) is 1.94. The number of hydrogen-bond donors (Lipinski definition) is 1. The highest BCUT2D eigenvalue weighted by atomic mass is 19.4. The van der Waals surface area contributed by atoms with Gasteiger partial charge in [-0.05, 0) is 6.42 Å². The van der Waals surface area contributed by atoms with Crippen LogP contribution in [0.3, 0.4) is 0 Å². The fraction of sp³-hybridized carbons (Fsp3) is 0.786. The van der Waals surface area contributed by atoms with Crippen molar-refractivity contribution in [1.82, 2.24) is 10.2 Å². The molecule has 0 spiro atoms. The standard InChI is InChI=1S/C14H23F3N2O/c1-2-3-4-5-6-7-8-9-10-20-13-11-12(18-19-13)14(15,16)17/h11H,2-10H2,1H3,(H,18,19). The van der Waals surface area contributed by atoms with E-state index in [0.29, 0.717) is 6.61 Å². The van der Waals surface area contributed by atoms with E-state index in [1.807, 2.05) is 5.10 Å². The van der Waals surface area contributed by atoms with Gasteiger partial charge >= 0.3 is 6.18 Å². The minimum Gasteiger partial charge on any atom is -0.477 e. The van der Waals surface area contributed by atoms with Crippen molar-refractivity contribution in [2.75, 3.05) is 6.61 Å². The molecule has 0 saturated carbocycles. The van der Waals surface area contributed by atoms with Gasteiger partial charge in [0.1, 0.15) is 5.69 Å². The van der Waals surface area contributed by atoms with Crippen LogP contribution in [0.4, 0.5) is 13.2 Å². The second-order valence-corrected chi connectivity index (χ2v) is 4.94. The molecule has 0 aromatic carbocycles. The number of rotatable bonds is 10. The lowest BCUT2D eigenvalue weighted by Gasteiger charge is -2.03. The molecule has 0 radical (unpaired) electrons. The maximum Gasteiger partial charge on any atom is 0.432 e. The first-order valence-electron chi connectivity index (χ1n) is 7.29. The Bertz CT molecular complexity index is 364. The van der Waals surface area contributed by atoms with Crippen molar-refractivity contribution in [3.63, 3.8) is 0 Å². The van der Waals surface area contributed by atoms with E-state index < -0.39 is 11.9 Å². The largest absolute Gasteiger partial charge is 0.477 e. The lowest BCUT2D eigenvalue weighted by atomic mass is 10.1. The maximum atomic E-state index is 12.3. The Morgan fingerprint density at radius 2 is 1.65 bits per heavy atom. The zero-order valence-corrected chi connectivity index (χ0v) is 11.9. The molecular weight excluding hydrogens is 269 g/mol. The van der Waals surface area contributed by atoms with Gasteiger partial charge in [0.15, 0.2) is 0 Å². The van der Waals surface area contributed by atoms with E-state index in [2.05, 4.69) is 12.0 Å². The molecule has 0 atom stereocenters. The zero-order chi connectivity index (χ0) is 14.8. The molecule has 6 heteroatoms. The second kappa shape index (κ2) is 8.87. The van der Waals surface area contributed by atoms with Gasteiger partial charge < -0.3 is 4.74 Å². The minimum atomic E-state index is -4.40. The molecule has 0 saturated heterocycles. The molecule has 3 nitrogen and oxygen atoms in total. The molecule has 20 heavy (non-hydrogen) atoms. The lowest BCUT2D eigenvalue weighted by Crippen LogP contribution is -2.04. The number of aromatic amines is 1. The predicted octanol–water partition coefficient (Wildman–Crippen LogP) is 4.95. The third kappa shape index (κ3) is 6.82. The summed E-state index contributed by atoms with van der Waals surface area (Å²) < 4.78 is 42.1. The summed E-state index contributed by atoms with van der Waals surface area (Å²) >= 11 is 0. The minimum absolute atomic E-state index is 0.0141. The molecule has 0 aliphatic rings. The van der Waals surface area contributed by atoms with Gasteiger partial charge in [-0.15, -0.1) is 5.10 Å². The van der Waals surface area contributed by atoms with Crippen LogP contribution in [0.1, 0.15) is 64.0 Å². The van der Waals surface area contributed by atoms with Crippen molar-refractivity contribution in [2.24, 2.45) is 0 Å². The van der Waals surface area contributed by atoms with Gasteiger partial charge in [0, 0.05) is 6.07 Å². The monoisotopic (exact) mass is 292 g/mol. The third-order valence-electron chi connectivity index (χ3n) is 3.11. The first-order chi connectivity index (χ1) is 9.54. The van der Waals surface area contributed by atoms with Crippen LogP contribution in [0.5, 0.6) is 5.88 Å². The SMILES string of the molecule is CCCCCCCCCCOc1cc(C(F)(F)F)[nH]n1.